The molecule has 27 heavy (non-hydrogen) atoms. The first-order chi connectivity index (χ1) is 12.8. The van der Waals surface area contributed by atoms with Crippen molar-refractivity contribution in [1.82, 2.24) is 0 Å². The minimum absolute atomic E-state index is 0.00659. The topological polar surface area (TPSA) is 93.7 Å². The number of methoxy groups -OCH3 is 2. The van der Waals surface area contributed by atoms with Crippen molar-refractivity contribution in [2.45, 2.75) is 13.8 Å². The molecule has 0 aliphatic carbocycles. The third-order valence-electron chi connectivity index (χ3n) is 3.95. The van der Waals surface area contributed by atoms with E-state index in [9.17, 15) is 14.4 Å². The number of anilines is 2. The van der Waals surface area contributed by atoms with Crippen LogP contribution in [0.25, 0.3) is 0 Å². The fraction of sp³-hybridized carbons (Fsp3) is 0.250. The summed E-state index contributed by atoms with van der Waals surface area (Å²) in [6.07, 6.45) is 0. The lowest BCUT2D eigenvalue weighted by Gasteiger charge is -2.13. The van der Waals surface area contributed by atoms with Crippen molar-refractivity contribution in [3.8, 4) is 0 Å². The highest BCUT2D eigenvalue weighted by atomic mass is 16.5. The van der Waals surface area contributed by atoms with E-state index in [1.165, 1.54) is 32.4 Å². The first kappa shape index (κ1) is 20.0. The lowest BCUT2D eigenvalue weighted by Crippen LogP contribution is -2.23. The predicted molar refractivity (Wildman–Crippen MR) is 102 cm³/mol. The van der Waals surface area contributed by atoms with Crippen molar-refractivity contribution in [3.63, 3.8) is 0 Å². The van der Waals surface area contributed by atoms with Gasteiger partial charge in [-0.3, -0.25) is 4.79 Å². The summed E-state index contributed by atoms with van der Waals surface area (Å²) in [4.78, 5) is 36.0. The van der Waals surface area contributed by atoms with Gasteiger partial charge >= 0.3 is 11.9 Å². The average Bonchev–Trinajstić information content (AvgIpc) is 2.67. The predicted octanol–water partition coefficient (Wildman–Crippen LogP) is 2.93. The first-order valence-corrected chi connectivity index (χ1v) is 8.27. The third kappa shape index (κ3) is 5.07. The molecule has 0 spiro atoms. The number of hydrogen-bond donors (Lipinski definition) is 2. The summed E-state index contributed by atoms with van der Waals surface area (Å²) in [7, 11) is 2.49. The van der Waals surface area contributed by atoms with Crippen LogP contribution in [-0.2, 0) is 14.3 Å². The molecule has 0 unspecified atom stereocenters. The summed E-state index contributed by atoms with van der Waals surface area (Å²) in [5.41, 5.74) is 3.46. The van der Waals surface area contributed by atoms with Crippen molar-refractivity contribution < 1.29 is 23.9 Å². The summed E-state index contributed by atoms with van der Waals surface area (Å²) in [5, 5.41) is 5.70. The number of amides is 1. The van der Waals surface area contributed by atoms with Crippen LogP contribution in [0.1, 0.15) is 31.8 Å². The molecule has 0 aliphatic heterocycles. The smallest absolute Gasteiger partial charge is 0.339 e. The maximum Gasteiger partial charge on any atom is 0.339 e. The Morgan fingerprint density at radius 2 is 1.59 bits per heavy atom. The van der Waals surface area contributed by atoms with E-state index in [-0.39, 0.29) is 29.3 Å². The molecule has 0 radical (unpaired) electrons. The zero-order valence-corrected chi connectivity index (χ0v) is 15.7. The number of carbonyl (C=O) groups is 3. The highest BCUT2D eigenvalue weighted by Crippen LogP contribution is 2.20. The summed E-state index contributed by atoms with van der Waals surface area (Å²) in [5.74, 6) is -1.57. The van der Waals surface area contributed by atoms with Crippen LogP contribution in [0.4, 0.5) is 11.4 Å². The fourth-order valence-corrected chi connectivity index (χ4v) is 2.48. The lowest BCUT2D eigenvalue weighted by atomic mass is 10.1. The van der Waals surface area contributed by atoms with Crippen molar-refractivity contribution in [2.24, 2.45) is 0 Å². The minimum Gasteiger partial charge on any atom is -0.465 e. The highest BCUT2D eigenvalue weighted by Gasteiger charge is 2.17. The van der Waals surface area contributed by atoms with Gasteiger partial charge in [-0.1, -0.05) is 12.1 Å². The number of hydrogen-bond acceptors (Lipinski definition) is 6. The van der Waals surface area contributed by atoms with Gasteiger partial charge in [0.05, 0.1) is 37.6 Å². The molecule has 142 valence electrons. The van der Waals surface area contributed by atoms with Crippen LogP contribution in [-0.4, -0.2) is 38.6 Å². The molecule has 2 N–H and O–H groups in total. The Bertz CT molecular complexity index is 877. The van der Waals surface area contributed by atoms with Gasteiger partial charge in [-0.15, -0.1) is 0 Å². The van der Waals surface area contributed by atoms with Crippen molar-refractivity contribution in [2.75, 3.05) is 31.4 Å². The second-order valence-corrected chi connectivity index (χ2v) is 5.96. The van der Waals surface area contributed by atoms with E-state index in [4.69, 9.17) is 4.74 Å². The van der Waals surface area contributed by atoms with Gasteiger partial charge in [0.1, 0.15) is 0 Å². The average molecular weight is 370 g/mol. The van der Waals surface area contributed by atoms with E-state index in [2.05, 4.69) is 15.4 Å². The summed E-state index contributed by atoms with van der Waals surface area (Å²) < 4.78 is 9.39. The number of esters is 2. The Morgan fingerprint density at radius 3 is 2.26 bits per heavy atom. The van der Waals surface area contributed by atoms with Crippen LogP contribution in [0.5, 0.6) is 0 Å². The highest BCUT2D eigenvalue weighted by molar-refractivity contribution is 6.04. The van der Waals surface area contributed by atoms with Crippen LogP contribution in [0.15, 0.2) is 36.4 Å². The molecule has 7 nitrogen and oxygen atoms in total. The zero-order chi connectivity index (χ0) is 20.0. The molecule has 2 aromatic rings. The van der Waals surface area contributed by atoms with Gasteiger partial charge in [-0.25, -0.2) is 9.59 Å². The van der Waals surface area contributed by atoms with E-state index in [0.717, 1.165) is 16.8 Å². The van der Waals surface area contributed by atoms with Crippen molar-refractivity contribution >= 4 is 29.2 Å². The molecule has 0 fully saturated rings. The van der Waals surface area contributed by atoms with Crippen LogP contribution in [0.3, 0.4) is 0 Å². The van der Waals surface area contributed by atoms with Gasteiger partial charge < -0.3 is 20.1 Å². The van der Waals surface area contributed by atoms with Crippen LogP contribution in [0.2, 0.25) is 0 Å². The van der Waals surface area contributed by atoms with E-state index in [0.29, 0.717) is 0 Å². The van der Waals surface area contributed by atoms with Gasteiger partial charge in [0, 0.05) is 5.69 Å². The molecule has 0 saturated heterocycles. The van der Waals surface area contributed by atoms with Gasteiger partial charge in [-0.2, -0.15) is 0 Å². The molecule has 0 bridgehead atoms. The quantitative estimate of drug-likeness (QED) is 0.760. The normalized spacial score (nSPS) is 10.1. The van der Waals surface area contributed by atoms with Gasteiger partial charge in [-0.05, 0) is 49.2 Å². The monoisotopic (exact) mass is 370 g/mol. The van der Waals surface area contributed by atoms with E-state index in [1.54, 1.807) is 0 Å². The Labute approximate surface area is 157 Å². The second-order valence-electron chi connectivity index (χ2n) is 5.96. The molecule has 2 aromatic carbocycles. The molecular weight excluding hydrogens is 348 g/mol. The standard InChI is InChI=1S/C20H22N2O5/c1-12-5-6-13(2)16(9-12)21-11-18(23)22-17-10-14(19(24)26-3)7-8-15(17)20(25)27-4/h5-10,21H,11H2,1-4H3,(H,22,23). The Hall–Kier alpha value is -3.35. The number of aryl methyl sites for hydroxylation is 2. The minimum atomic E-state index is -0.621. The molecule has 1 amide bonds. The Balaban J connectivity index is 2.18. The molecule has 7 heteroatoms. The van der Waals surface area contributed by atoms with Gasteiger partial charge in [0.2, 0.25) is 5.91 Å². The molecule has 0 atom stereocenters. The van der Waals surface area contributed by atoms with Gasteiger partial charge in [0.15, 0.2) is 0 Å². The van der Waals surface area contributed by atoms with E-state index >= 15 is 0 Å². The van der Waals surface area contributed by atoms with Crippen molar-refractivity contribution in [1.29, 1.82) is 0 Å². The summed E-state index contributed by atoms with van der Waals surface area (Å²) in [6, 6.07) is 10.1. The molecule has 0 aliphatic rings. The van der Waals surface area contributed by atoms with E-state index < -0.39 is 11.9 Å². The maximum absolute atomic E-state index is 12.4. The number of ether oxygens (including phenoxy) is 2. The van der Waals surface area contributed by atoms with Gasteiger partial charge in [0.25, 0.3) is 0 Å². The molecule has 0 saturated carbocycles. The number of carbonyl (C=O) groups excluding carboxylic acids is 3. The van der Waals surface area contributed by atoms with Crippen LogP contribution in [0, 0.1) is 13.8 Å². The Morgan fingerprint density at radius 1 is 0.889 bits per heavy atom. The van der Waals surface area contributed by atoms with Crippen molar-refractivity contribution in [3.05, 3.63) is 58.7 Å². The molecule has 0 heterocycles. The summed E-state index contributed by atoms with van der Waals surface area (Å²) in [6.45, 7) is 3.90. The number of nitrogens with one attached hydrogen (secondary N) is 2. The van der Waals surface area contributed by atoms with E-state index in [1.807, 2.05) is 32.0 Å². The summed E-state index contributed by atoms with van der Waals surface area (Å²) >= 11 is 0. The maximum atomic E-state index is 12.4. The number of benzene rings is 2. The largest absolute Gasteiger partial charge is 0.465 e. The lowest BCUT2D eigenvalue weighted by molar-refractivity contribution is -0.114. The van der Waals surface area contributed by atoms with Crippen LogP contribution < -0.4 is 10.6 Å². The Kier molecular flexibility index (Phi) is 6.54. The SMILES string of the molecule is COC(=O)c1ccc(C(=O)OC)c(NC(=O)CNc2cc(C)ccc2C)c1. The van der Waals surface area contributed by atoms with Crippen LogP contribution >= 0.6 is 0 Å². The molecular formula is C20H22N2O5. The molecule has 0 aromatic heterocycles. The first-order valence-electron chi connectivity index (χ1n) is 8.27. The number of rotatable bonds is 6. The third-order valence-corrected chi connectivity index (χ3v) is 3.95. The zero-order valence-electron chi connectivity index (χ0n) is 15.7. The second kappa shape index (κ2) is 8.84. The molecule has 2 rings (SSSR count). The fourth-order valence-electron chi connectivity index (χ4n) is 2.48.